The number of hydrogen-bond acceptors (Lipinski definition) is 4. The molecule has 3 aromatic rings. The summed E-state index contributed by atoms with van der Waals surface area (Å²) in [6, 6.07) is 17.5. The van der Waals surface area contributed by atoms with Gasteiger partial charge in [0.1, 0.15) is 0 Å². The number of nitrogens with zero attached hydrogens (tertiary/aromatic N) is 4. The van der Waals surface area contributed by atoms with Gasteiger partial charge in [-0.1, -0.05) is 35.9 Å². The summed E-state index contributed by atoms with van der Waals surface area (Å²) in [5, 5.41) is 12.5. The van der Waals surface area contributed by atoms with E-state index in [-0.39, 0.29) is 6.03 Å². The third-order valence-electron chi connectivity index (χ3n) is 5.32. The van der Waals surface area contributed by atoms with E-state index in [9.17, 15) is 4.79 Å². The van der Waals surface area contributed by atoms with Gasteiger partial charge in [-0.25, -0.2) is 4.79 Å². The van der Waals surface area contributed by atoms with Crippen LogP contribution in [0.4, 0.5) is 16.3 Å². The topological polar surface area (TPSA) is 61.4 Å². The maximum absolute atomic E-state index is 12.7. The van der Waals surface area contributed by atoms with Crippen LogP contribution in [-0.4, -0.2) is 47.3 Å². The van der Waals surface area contributed by atoms with Crippen LogP contribution in [0.25, 0.3) is 11.3 Å². The standard InChI is InChI=1S/C23H24ClN5O/c1-16-3-4-17(2)21(15-16)25-23(30)29-13-11-28(12-14-29)22-10-9-20(26-27-22)18-5-7-19(24)8-6-18/h3-10,15H,11-14H2,1-2H3,(H,25,30). The molecule has 1 aromatic heterocycles. The summed E-state index contributed by atoms with van der Waals surface area (Å²) in [7, 11) is 0. The molecule has 0 bridgehead atoms. The number of anilines is 2. The molecule has 1 N–H and O–H groups in total. The number of piperazine rings is 1. The lowest BCUT2D eigenvalue weighted by Gasteiger charge is -2.35. The first-order valence-corrected chi connectivity index (χ1v) is 10.4. The first kappa shape index (κ1) is 20.2. The maximum atomic E-state index is 12.7. The fourth-order valence-electron chi connectivity index (χ4n) is 3.47. The number of aryl methyl sites for hydroxylation is 2. The Labute approximate surface area is 181 Å². The minimum absolute atomic E-state index is 0.0625. The summed E-state index contributed by atoms with van der Waals surface area (Å²) >= 11 is 5.94. The first-order chi connectivity index (χ1) is 14.5. The molecule has 1 fully saturated rings. The van der Waals surface area contributed by atoms with Crippen LogP contribution in [-0.2, 0) is 0 Å². The molecule has 4 rings (SSSR count). The number of hydrogen-bond donors (Lipinski definition) is 1. The molecule has 0 unspecified atom stereocenters. The number of nitrogens with one attached hydrogen (secondary N) is 1. The highest BCUT2D eigenvalue weighted by molar-refractivity contribution is 6.30. The SMILES string of the molecule is Cc1ccc(C)c(NC(=O)N2CCN(c3ccc(-c4ccc(Cl)cc4)nn3)CC2)c1. The van der Waals surface area contributed by atoms with E-state index in [2.05, 4.69) is 20.4 Å². The second kappa shape index (κ2) is 8.71. The molecule has 2 amide bonds. The van der Waals surface area contributed by atoms with Gasteiger partial charge in [-0.3, -0.25) is 0 Å². The van der Waals surface area contributed by atoms with Gasteiger partial charge >= 0.3 is 6.03 Å². The molecule has 0 spiro atoms. The van der Waals surface area contributed by atoms with Crippen LogP contribution in [0, 0.1) is 13.8 Å². The Bertz CT molecular complexity index is 1030. The fourth-order valence-corrected chi connectivity index (χ4v) is 3.60. The normalized spacial score (nSPS) is 14.0. The van der Waals surface area contributed by atoms with Gasteiger partial charge in [0.25, 0.3) is 0 Å². The highest BCUT2D eigenvalue weighted by Crippen LogP contribution is 2.22. The molecule has 0 aliphatic carbocycles. The third-order valence-corrected chi connectivity index (χ3v) is 5.57. The number of halogens is 1. The second-order valence-corrected chi connectivity index (χ2v) is 7.94. The summed E-state index contributed by atoms with van der Waals surface area (Å²) in [6.07, 6.45) is 0. The van der Waals surface area contributed by atoms with Gasteiger partial charge in [0, 0.05) is 42.5 Å². The van der Waals surface area contributed by atoms with Crippen LogP contribution in [0.5, 0.6) is 0 Å². The zero-order valence-corrected chi connectivity index (χ0v) is 17.9. The van der Waals surface area contributed by atoms with Crippen LogP contribution >= 0.6 is 11.6 Å². The van der Waals surface area contributed by atoms with Gasteiger partial charge in [-0.15, -0.1) is 10.2 Å². The van der Waals surface area contributed by atoms with E-state index in [4.69, 9.17) is 11.6 Å². The minimum atomic E-state index is -0.0625. The molecule has 6 nitrogen and oxygen atoms in total. The molecule has 2 heterocycles. The summed E-state index contributed by atoms with van der Waals surface area (Å²) in [5.41, 5.74) is 4.84. The molecule has 1 saturated heterocycles. The molecule has 7 heteroatoms. The van der Waals surface area contributed by atoms with E-state index in [1.807, 2.05) is 73.3 Å². The minimum Gasteiger partial charge on any atom is -0.352 e. The summed E-state index contributed by atoms with van der Waals surface area (Å²) in [6.45, 7) is 6.73. The van der Waals surface area contributed by atoms with Crippen molar-refractivity contribution in [2.45, 2.75) is 13.8 Å². The van der Waals surface area contributed by atoms with E-state index in [1.54, 1.807) is 0 Å². The van der Waals surface area contributed by atoms with E-state index in [0.29, 0.717) is 18.1 Å². The first-order valence-electron chi connectivity index (χ1n) is 9.97. The van der Waals surface area contributed by atoms with E-state index < -0.39 is 0 Å². The zero-order valence-electron chi connectivity index (χ0n) is 17.1. The van der Waals surface area contributed by atoms with Gasteiger partial charge in [0.05, 0.1) is 5.69 Å². The van der Waals surface area contributed by atoms with E-state index in [0.717, 1.165) is 47.0 Å². The predicted molar refractivity (Wildman–Crippen MR) is 121 cm³/mol. The average molecular weight is 422 g/mol. The lowest BCUT2D eigenvalue weighted by molar-refractivity contribution is 0.208. The zero-order chi connectivity index (χ0) is 21.1. The molecule has 2 aromatic carbocycles. The lowest BCUT2D eigenvalue weighted by Crippen LogP contribution is -2.50. The van der Waals surface area contributed by atoms with Gasteiger partial charge in [0.15, 0.2) is 5.82 Å². The molecule has 0 atom stereocenters. The monoisotopic (exact) mass is 421 g/mol. The quantitative estimate of drug-likeness (QED) is 0.661. The lowest BCUT2D eigenvalue weighted by atomic mass is 10.1. The maximum Gasteiger partial charge on any atom is 0.321 e. The Balaban J connectivity index is 1.35. The van der Waals surface area contributed by atoms with Crippen LogP contribution in [0.2, 0.25) is 5.02 Å². The van der Waals surface area contributed by atoms with E-state index in [1.165, 1.54) is 0 Å². The summed E-state index contributed by atoms with van der Waals surface area (Å²) in [5.74, 6) is 0.822. The highest BCUT2D eigenvalue weighted by atomic mass is 35.5. The third kappa shape index (κ3) is 4.54. The van der Waals surface area contributed by atoms with Crippen molar-refractivity contribution in [2.24, 2.45) is 0 Å². The Hall–Kier alpha value is -3.12. The molecule has 154 valence electrons. The summed E-state index contributed by atoms with van der Waals surface area (Å²) in [4.78, 5) is 16.7. The molecule has 1 aliphatic heterocycles. The van der Waals surface area contributed by atoms with Crippen LogP contribution in [0.15, 0.2) is 54.6 Å². The van der Waals surface area contributed by atoms with Crippen molar-refractivity contribution in [3.05, 3.63) is 70.7 Å². The molecular weight excluding hydrogens is 398 g/mol. The Morgan fingerprint density at radius 1 is 0.933 bits per heavy atom. The molecular formula is C23H24ClN5O. The smallest absolute Gasteiger partial charge is 0.321 e. The van der Waals surface area contributed by atoms with Crippen LogP contribution in [0.3, 0.4) is 0 Å². The predicted octanol–water partition coefficient (Wildman–Crippen LogP) is 4.77. The van der Waals surface area contributed by atoms with Crippen LogP contribution < -0.4 is 10.2 Å². The number of carbonyl (C=O) groups excluding carboxylic acids is 1. The molecule has 0 saturated carbocycles. The molecule has 1 aliphatic rings. The number of benzene rings is 2. The van der Waals surface area contributed by atoms with Crippen molar-refractivity contribution in [3.63, 3.8) is 0 Å². The number of amides is 2. The van der Waals surface area contributed by atoms with Gasteiger partial charge in [-0.2, -0.15) is 0 Å². The average Bonchev–Trinajstić information content (AvgIpc) is 2.77. The van der Waals surface area contributed by atoms with Crippen molar-refractivity contribution < 1.29 is 4.79 Å². The second-order valence-electron chi connectivity index (χ2n) is 7.51. The Kier molecular flexibility index (Phi) is 5.86. The van der Waals surface area contributed by atoms with Crippen LogP contribution in [0.1, 0.15) is 11.1 Å². The fraction of sp³-hybridized carbons (Fsp3) is 0.261. The number of aromatic nitrogens is 2. The number of urea groups is 1. The number of carbonyl (C=O) groups is 1. The van der Waals surface area contributed by atoms with Gasteiger partial charge < -0.3 is 15.1 Å². The van der Waals surface area contributed by atoms with E-state index >= 15 is 0 Å². The Morgan fingerprint density at radius 2 is 1.67 bits per heavy atom. The van der Waals surface area contributed by atoms with Gasteiger partial charge in [0.2, 0.25) is 0 Å². The largest absolute Gasteiger partial charge is 0.352 e. The molecule has 30 heavy (non-hydrogen) atoms. The van der Waals surface area contributed by atoms with Crippen molar-refractivity contribution in [1.82, 2.24) is 15.1 Å². The number of rotatable bonds is 3. The summed E-state index contributed by atoms with van der Waals surface area (Å²) < 4.78 is 0. The van der Waals surface area contributed by atoms with Crippen molar-refractivity contribution >= 4 is 29.1 Å². The highest BCUT2D eigenvalue weighted by Gasteiger charge is 2.22. The van der Waals surface area contributed by atoms with Crippen molar-refractivity contribution in [2.75, 3.05) is 36.4 Å². The Morgan fingerprint density at radius 3 is 2.33 bits per heavy atom. The molecule has 0 radical (unpaired) electrons. The van der Waals surface area contributed by atoms with Crippen molar-refractivity contribution in [3.8, 4) is 11.3 Å². The van der Waals surface area contributed by atoms with Gasteiger partial charge in [-0.05, 0) is 55.3 Å². The van der Waals surface area contributed by atoms with Crippen molar-refractivity contribution in [1.29, 1.82) is 0 Å².